The molecule has 5 nitrogen and oxygen atoms in total. The molecule has 1 heterocycles. The highest BCUT2D eigenvalue weighted by molar-refractivity contribution is 5.89. The summed E-state index contributed by atoms with van der Waals surface area (Å²) >= 11 is 0. The van der Waals surface area contributed by atoms with Gasteiger partial charge < -0.3 is 15.4 Å². The van der Waals surface area contributed by atoms with Crippen LogP contribution in [0, 0.1) is 6.92 Å². The zero-order valence-corrected chi connectivity index (χ0v) is 15.4. The SMILES string of the molecule is Cc1ccc(OC2CCC(NC(=O)Nc3ccc(C(F)(F)F)cc3)CC2)nc1. The summed E-state index contributed by atoms with van der Waals surface area (Å²) in [7, 11) is 0. The summed E-state index contributed by atoms with van der Waals surface area (Å²) in [5, 5.41) is 5.43. The van der Waals surface area contributed by atoms with Crippen LogP contribution in [0.25, 0.3) is 0 Å². The van der Waals surface area contributed by atoms with Gasteiger partial charge in [-0.3, -0.25) is 0 Å². The van der Waals surface area contributed by atoms with Gasteiger partial charge in [-0.05, 0) is 62.4 Å². The van der Waals surface area contributed by atoms with Gasteiger partial charge in [0.15, 0.2) is 0 Å². The minimum Gasteiger partial charge on any atom is -0.474 e. The van der Waals surface area contributed by atoms with Crippen LogP contribution in [-0.2, 0) is 6.18 Å². The summed E-state index contributed by atoms with van der Waals surface area (Å²) < 4.78 is 43.6. The number of amides is 2. The normalized spacial score (nSPS) is 19.7. The van der Waals surface area contributed by atoms with Crippen molar-refractivity contribution in [2.45, 2.75) is 50.9 Å². The Morgan fingerprint density at radius 3 is 2.32 bits per heavy atom. The Morgan fingerprint density at radius 1 is 1.07 bits per heavy atom. The maximum atomic E-state index is 12.6. The fourth-order valence-corrected chi connectivity index (χ4v) is 3.11. The first-order chi connectivity index (χ1) is 13.3. The van der Waals surface area contributed by atoms with Crippen molar-refractivity contribution in [2.24, 2.45) is 0 Å². The van der Waals surface area contributed by atoms with E-state index in [-0.39, 0.29) is 12.1 Å². The van der Waals surface area contributed by atoms with Crippen molar-refractivity contribution < 1.29 is 22.7 Å². The minimum absolute atomic E-state index is 0.000255. The first-order valence-electron chi connectivity index (χ1n) is 9.14. The number of urea groups is 1. The number of nitrogens with one attached hydrogen (secondary N) is 2. The largest absolute Gasteiger partial charge is 0.474 e. The van der Waals surface area contributed by atoms with E-state index in [1.165, 1.54) is 12.1 Å². The van der Waals surface area contributed by atoms with Crippen molar-refractivity contribution in [3.8, 4) is 5.88 Å². The third kappa shape index (κ3) is 5.61. The second kappa shape index (κ2) is 8.50. The number of alkyl halides is 3. The molecule has 1 aliphatic rings. The standard InChI is InChI=1S/C20H22F3N3O2/c1-13-2-11-18(24-12-13)28-17-9-7-16(8-10-17)26-19(27)25-15-5-3-14(4-6-15)20(21,22)23/h2-6,11-12,16-17H,7-10H2,1H3,(H2,25,26,27). The Hall–Kier alpha value is -2.77. The third-order valence-electron chi connectivity index (χ3n) is 4.65. The highest BCUT2D eigenvalue weighted by Gasteiger charge is 2.30. The number of ether oxygens (including phenoxy) is 1. The van der Waals surface area contributed by atoms with Gasteiger partial charge in [-0.2, -0.15) is 13.2 Å². The van der Waals surface area contributed by atoms with Crippen LogP contribution < -0.4 is 15.4 Å². The molecule has 2 aromatic rings. The molecule has 0 bridgehead atoms. The van der Waals surface area contributed by atoms with Gasteiger partial charge in [0.25, 0.3) is 0 Å². The van der Waals surface area contributed by atoms with E-state index in [4.69, 9.17) is 4.74 Å². The molecule has 28 heavy (non-hydrogen) atoms. The van der Waals surface area contributed by atoms with Crippen LogP contribution in [0.1, 0.15) is 36.8 Å². The fourth-order valence-electron chi connectivity index (χ4n) is 3.11. The summed E-state index contributed by atoms with van der Waals surface area (Å²) in [4.78, 5) is 16.3. The molecular weight excluding hydrogens is 371 g/mol. The highest BCUT2D eigenvalue weighted by Crippen LogP contribution is 2.30. The van der Waals surface area contributed by atoms with Gasteiger partial charge in [0, 0.05) is 24.0 Å². The highest BCUT2D eigenvalue weighted by atomic mass is 19.4. The number of pyridine rings is 1. The van der Waals surface area contributed by atoms with E-state index < -0.39 is 17.8 Å². The van der Waals surface area contributed by atoms with Crippen molar-refractivity contribution in [2.75, 3.05) is 5.32 Å². The molecule has 1 aliphatic carbocycles. The maximum Gasteiger partial charge on any atom is 0.416 e. The molecule has 0 atom stereocenters. The molecule has 1 fully saturated rings. The van der Waals surface area contributed by atoms with Crippen LogP contribution in [0.5, 0.6) is 5.88 Å². The fraction of sp³-hybridized carbons (Fsp3) is 0.400. The van der Waals surface area contributed by atoms with Gasteiger partial charge in [0.2, 0.25) is 5.88 Å². The number of carbonyl (C=O) groups excluding carboxylic acids is 1. The van der Waals surface area contributed by atoms with Crippen molar-refractivity contribution >= 4 is 11.7 Å². The molecule has 8 heteroatoms. The topological polar surface area (TPSA) is 63.2 Å². The lowest BCUT2D eigenvalue weighted by molar-refractivity contribution is -0.137. The predicted octanol–water partition coefficient (Wildman–Crippen LogP) is 4.92. The molecule has 1 saturated carbocycles. The second-order valence-corrected chi connectivity index (χ2v) is 6.94. The van der Waals surface area contributed by atoms with Gasteiger partial charge in [0.1, 0.15) is 6.10 Å². The summed E-state index contributed by atoms with van der Waals surface area (Å²) in [6, 6.07) is 7.72. The molecule has 0 saturated heterocycles. The number of benzene rings is 1. The van der Waals surface area contributed by atoms with Crippen LogP contribution in [0.3, 0.4) is 0 Å². The zero-order valence-electron chi connectivity index (χ0n) is 15.4. The van der Waals surface area contributed by atoms with E-state index in [9.17, 15) is 18.0 Å². The number of hydrogen-bond acceptors (Lipinski definition) is 3. The van der Waals surface area contributed by atoms with E-state index in [2.05, 4.69) is 15.6 Å². The number of halogens is 3. The molecule has 2 amide bonds. The Bertz CT molecular complexity index is 784. The number of aromatic nitrogens is 1. The lowest BCUT2D eigenvalue weighted by atomic mass is 9.93. The summed E-state index contributed by atoms with van der Waals surface area (Å²) in [6.45, 7) is 1.96. The van der Waals surface area contributed by atoms with Gasteiger partial charge in [-0.25, -0.2) is 9.78 Å². The van der Waals surface area contributed by atoms with Gasteiger partial charge in [0.05, 0.1) is 5.56 Å². The van der Waals surface area contributed by atoms with Crippen molar-refractivity contribution in [1.82, 2.24) is 10.3 Å². The Labute approximate surface area is 161 Å². The molecule has 1 aromatic heterocycles. The van der Waals surface area contributed by atoms with E-state index in [0.717, 1.165) is 43.4 Å². The molecule has 1 aromatic carbocycles. The van der Waals surface area contributed by atoms with Crippen LogP contribution in [0.2, 0.25) is 0 Å². The monoisotopic (exact) mass is 393 g/mol. The average molecular weight is 393 g/mol. The van der Waals surface area contributed by atoms with Crippen LogP contribution in [0.15, 0.2) is 42.6 Å². The van der Waals surface area contributed by atoms with Crippen LogP contribution >= 0.6 is 0 Å². The molecule has 150 valence electrons. The smallest absolute Gasteiger partial charge is 0.416 e. The second-order valence-electron chi connectivity index (χ2n) is 6.94. The third-order valence-corrected chi connectivity index (χ3v) is 4.65. The van der Waals surface area contributed by atoms with Crippen molar-refractivity contribution in [1.29, 1.82) is 0 Å². The van der Waals surface area contributed by atoms with Gasteiger partial charge >= 0.3 is 12.2 Å². The number of aryl methyl sites for hydroxylation is 1. The lowest BCUT2D eigenvalue weighted by Gasteiger charge is -2.29. The summed E-state index contributed by atoms with van der Waals surface area (Å²) in [5.74, 6) is 0.599. The molecule has 0 radical (unpaired) electrons. The molecule has 3 rings (SSSR count). The molecule has 2 N–H and O–H groups in total. The predicted molar refractivity (Wildman–Crippen MR) is 99.2 cm³/mol. The van der Waals surface area contributed by atoms with Crippen LogP contribution in [0.4, 0.5) is 23.7 Å². The van der Waals surface area contributed by atoms with E-state index in [1.54, 1.807) is 6.20 Å². The zero-order chi connectivity index (χ0) is 20.1. The first kappa shape index (κ1) is 20.0. The van der Waals surface area contributed by atoms with Crippen molar-refractivity contribution in [3.63, 3.8) is 0 Å². The molecule has 0 aliphatic heterocycles. The quantitative estimate of drug-likeness (QED) is 0.775. The molecule has 0 unspecified atom stereocenters. The number of carbonyl (C=O) groups is 1. The van der Waals surface area contributed by atoms with Gasteiger partial charge in [-0.1, -0.05) is 6.07 Å². The molecule has 0 spiro atoms. The summed E-state index contributed by atoms with van der Waals surface area (Å²) in [6.07, 6.45) is 0.533. The number of hydrogen-bond donors (Lipinski definition) is 2. The van der Waals surface area contributed by atoms with Crippen LogP contribution in [-0.4, -0.2) is 23.2 Å². The van der Waals surface area contributed by atoms with Gasteiger partial charge in [-0.15, -0.1) is 0 Å². The lowest BCUT2D eigenvalue weighted by Crippen LogP contribution is -2.41. The van der Waals surface area contributed by atoms with E-state index >= 15 is 0 Å². The van der Waals surface area contributed by atoms with E-state index in [1.807, 2.05) is 19.1 Å². The Balaban J connectivity index is 1.42. The average Bonchev–Trinajstić information content (AvgIpc) is 2.65. The number of anilines is 1. The van der Waals surface area contributed by atoms with E-state index in [0.29, 0.717) is 11.6 Å². The summed E-state index contributed by atoms with van der Waals surface area (Å²) in [5.41, 5.74) is 0.632. The number of nitrogens with zero attached hydrogens (tertiary/aromatic N) is 1. The first-order valence-corrected chi connectivity index (χ1v) is 9.14. The maximum absolute atomic E-state index is 12.6. The van der Waals surface area contributed by atoms with Crippen molar-refractivity contribution in [3.05, 3.63) is 53.7 Å². The Kier molecular flexibility index (Phi) is 6.06. The number of rotatable bonds is 4. The molecular formula is C20H22F3N3O2. The Morgan fingerprint density at radius 2 is 1.75 bits per heavy atom. The minimum atomic E-state index is -4.39.